The largest absolute Gasteiger partial charge is 0.463 e. The number of carbonyl (C=O) groups is 3. The number of piperazine rings is 1. The lowest BCUT2D eigenvalue weighted by Gasteiger charge is -2.43. The smallest absolute Gasteiger partial charge is 0.338 e. The lowest BCUT2D eigenvalue weighted by Crippen LogP contribution is -2.56. The molecular formula is C28H32ClFN4O4. The van der Waals surface area contributed by atoms with Gasteiger partial charge in [0.05, 0.1) is 28.8 Å². The van der Waals surface area contributed by atoms with E-state index in [1.54, 1.807) is 54.3 Å². The van der Waals surface area contributed by atoms with E-state index in [2.05, 4.69) is 10.2 Å². The zero-order valence-corrected chi connectivity index (χ0v) is 22.5. The van der Waals surface area contributed by atoms with Crippen LogP contribution in [0.5, 0.6) is 0 Å². The van der Waals surface area contributed by atoms with Gasteiger partial charge in [0.2, 0.25) is 0 Å². The molecule has 0 unspecified atom stereocenters. The second-order valence-corrected chi connectivity index (χ2v) is 9.70. The quantitative estimate of drug-likeness (QED) is 0.530. The van der Waals surface area contributed by atoms with Gasteiger partial charge < -0.3 is 15.0 Å². The van der Waals surface area contributed by atoms with Crippen molar-refractivity contribution < 1.29 is 23.5 Å². The van der Waals surface area contributed by atoms with Crippen LogP contribution in [0.3, 0.4) is 0 Å². The van der Waals surface area contributed by atoms with Crippen LogP contribution >= 0.6 is 11.6 Å². The monoisotopic (exact) mass is 542 g/mol. The molecule has 4 rings (SSSR count). The maximum Gasteiger partial charge on any atom is 0.338 e. The first-order valence-corrected chi connectivity index (χ1v) is 13.1. The van der Waals surface area contributed by atoms with Crippen LogP contribution in [-0.2, 0) is 9.53 Å². The van der Waals surface area contributed by atoms with Gasteiger partial charge in [-0.15, -0.1) is 0 Å². The van der Waals surface area contributed by atoms with Crippen molar-refractivity contribution in [1.82, 2.24) is 20.0 Å². The number of esters is 1. The predicted octanol–water partition coefficient (Wildman–Crippen LogP) is 4.23. The highest BCUT2D eigenvalue weighted by Crippen LogP contribution is 2.33. The molecule has 2 aromatic rings. The summed E-state index contributed by atoms with van der Waals surface area (Å²) in [6.07, 6.45) is 0. The summed E-state index contributed by atoms with van der Waals surface area (Å²) in [5, 5.41) is 3.19. The number of halogens is 2. The maximum atomic E-state index is 14.8. The van der Waals surface area contributed by atoms with Gasteiger partial charge in [0, 0.05) is 50.0 Å². The second kappa shape index (κ2) is 12.0. The van der Waals surface area contributed by atoms with Crippen LogP contribution in [0.4, 0.5) is 9.18 Å². The Labute approximate surface area is 227 Å². The minimum absolute atomic E-state index is 0.138. The molecule has 2 aromatic carbocycles. The lowest BCUT2D eigenvalue weighted by atomic mass is 9.93. The van der Waals surface area contributed by atoms with E-state index < -0.39 is 23.9 Å². The molecule has 2 atom stereocenters. The Kier molecular flexibility index (Phi) is 8.69. The first-order valence-electron chi connectivity index (χ1n) is 12.8. The Hall–Kier alpha value is -3.43. The number of rotatable bonds is 7. The Bertz CT molecular complexity index is 1250. The van der Waals surface area contributed by atoms with E-state index >= 15 is 0 Å². The van der Waals surface area contributed by atoms with E-state index in [1.807, 2.05) is 13.8 Å². The van der Waals surface area contributed by atoms with Crippen molar-refractivity contribution in [3.8, 4) is 0 Å². The minimum Gasteiger partial charge on any atom is -0.463 e. The number of hydrogen-bond donors (Lipinski definition) is 1. The highest BCUT2D eigenvalue weighted by atomic mass is 35.5. The molecule has 0 aromatic heterocycles. The van der Waals surface area contributed by atoms with Crippen LogP contribution < -0.4 is 5.32 Å². The van der Waals surface area contributed by atoms with E-state index in [0.717, 1.165) is 0 Å². The summed E-state index contributed by atoms with van der Waals surface area (Å²) in [7, 11) is 0. The van der Waals surface area contributed by atoms with Crippen molar-refractivity contribution in [2.24, 2.45) is 0 Å². The molecule has 1 fully saturated rings. The van der Waals surface area contributed by atoms with Gasteiger partial charge in [-0.05, 0) is 39.0 Å². The van der Waals surface area contributed by atoms with Crippen molar-refractivity contribution in [2.45, 2.75) is 32.9 Å². The summed E-state index contributed by atoms with van der Waals surface area (Å²) in [6.45, 7) is 7.66. The van der Waals surface area contributed by atoms with E-state index in [-0.39, 0.29) is 36.2 Å². The van der Waals surface area contributed by atoms with Crippen LogP contribution in [0.1, 0.15) is 42.7 Å². The highest BCUT2D eigenvalue weighted by molar-refractivity contribution is 6.33. The standard InChI is InChI=1S/C28H32ClFN4O4/c1-4-33-23(17-32-14-15-34(18(3)16-32)26(35)19-10-6-8-12-21(19)29)24(27(36)38-5-2)25(31-28(33)37)20-11-7-9-13-22(20)30/h6-13,18,25H,4-5,14-17H2,1-3H3,(H,31,37)/t18-,25+/m0/s1. The first kappa shape index (κ1) is 27.6. The Morgan fingerprint density at radius 3 is 2.47 bits per heavy atom. The Balaban J connectivity index is 1.64. The van der Waals surface area contributed by atoms with Gasteiger partial charge in [-0.2, -0.15) is 0 Å². The number of nitrogens with zero attached hydrogens (tertiary/aromatic N) is 3. The van der Waals surface area contributed by atoms with Crippen molar-refractivity contribution in [3.05, 3.63) is 81.8 Å². The number of hydrogen-bond acceptors (Lipinski definition) is 5. The summed E-state index contributed by atoms with van der Waals surface area (Å²) in [5.41, 5.74) is 1.33. The van der Waals surface area contributed by atoms with Crippen molar-refractivity contribution >= 4 is 29.5 Å². The third-order valence-corrected chi connectivity index (χ3v) is 7.25. The van der Waals surface area contributed by atoms with Gasteiger partial charge in [-0.1, -0.05) is 41.9 Å². The number of urea groups is 1. The molecule has 0 bridgehead atoms. The number of carbonyl (C=O) groups excluding carboxylic acids is 3. The molecule has 8 nitrogen and oxygen atoms in total. The van der Waals surface area contributed by atoms with Crippen molar-refractivity contribution in [3.63, 3.8) is 0 Å². The molecule has 10 heteroatoms. The van der Waals surface area contributed by atoms with E-state index in [4.69, 9.17) is 16.3 Å². The maximum absolute atomic E-state index is 14.8. The number of ether oxygens (including phenoxy) is 1. The molecule has 3 amide bonds. The van der Waals surface area contributed by atoms with Crippen LogP contribution in [0, 0.1) is 5.82 Å². The molecule has 0 saturated carbocycles. The van der Waals surface area contributed by atoms with Gasteiger partial charge in [-0.25, -0.2) is 14.0 Å². The number of likely N-dealkylation sites (N-methyl/N-ethyl adjacent to an activating group) is 1. The minimum atomic E-state index is -0.985. The highest BCUT2D eigenvalue weighted by Gasteiger charge is 2.40. The van der Waals surface area contributed by atoms with Gasteiger partial charge in [0.1, 0.15) is 5.82 Å². The molecule has 202 valence electrons. The lowest BCUT2D eigenvalue weighted by molar-refractivity contribution is -0.139. The number of amides is 3. The van der Waals surface area contributed by atoms with Gasteiger partial charge in [0.25, 0.3) is 5.91 Å². The second-order valence-electron chi connectivity index (χ2n) is 9.29. The molecule has 0 spiro atoms. The van der Waals surface area contributed by atoms with Gasteiger partial charge >= 0.3 is 12.0 Å². The van der Waals surface area contributed by atoms with Crippen LogP contribution in [-0.4, -0.2) is 78.0 Å². The molecule has 1 N–H and O–H groups in total. The molecule has 2 aliphatic heterocycles. The summed E-state index contributed by atoms with van der Waals surface area (Å²) >= 11 is 6.26. The average molecular weight is 543 g/mol. The fourth-order valence-corrected chi connectivity index (χ4v) is 5.30. The summed E-state index contributed by atoms with van der Waals surface area (Å²) in [5.74, 6) is -1.26. The average Bonchev–Trinajstić information content (AvgIpc) is 2.89. The van der Waals surface area contributed by atoms with Crippen LogP contribution in [0.2, 0.25) is 5.02 Å². The fourth-order valence-electron chi connectivity index (χ4n) is 5.08. The third-order valence-electron chi connectivity index (χ3n) is 6.92. The van der Waals surface area contributed by atoms with Crippen molar-refractivity contribution in [1.29, 1.82) is 0 Å². The van der Waals surface area contributed by atoms with Crippen LogP contribution in [0.15, 0.2) is 59.8 Å². The molecule has 0 aliphatic carbocycles. The van der Waals surface area contributed by atoms with E-state index in [9.17, 15) is 18.8 Å². The number of nitrogens with one attached hydrogen (secondary N) is 1. The van der Waals surface area contributed by atoms with Gasteiger partial charge in [0.15, 0.2) is 0 Å². The predicted molar refractivity (Wildman–Crippen MR) is 142 cm³/mol. The Morgan fingerprint density at radius 2 is 1.82 bits per heavy atom. The first-order chi connectivity index (χ1) is 18.3. The Morgan fingerprint density at radius 1 is 1.11 bits per heavy atom. The topological polar surface area (TPSA) is 82.2 Å². The molecular weight excluding hydrogens is 511 g/mol. The fraction of sp³-hybridized carbons (Fsp3) is 0.393. The molecule has 2 aliphatic rings. The number of benzene rings is 2. The molecule has 1 saturated heterocycles. The SMILES string of the molecule is CCOC(=O)C1=C(CN2CCN(C(=O)c3ccccc3Cl)[C@@H](C)C2)N(CC)C(=O)N[C@@H]1c1ccccc1F. The third kappa shape index (κ3) is 5.54. The van der Waals surface area contributed by atoms with E-state index in [0.29, 0.717) is 42.5 Å². The van der Waals surface area contributed by atoms with Crippen LogP contribution in [0.25, 0.3) is 0 Å². The normalized spacial score (nSPS) is 20.4. The zero-order chi connectivity index (χ0) is 27.4. The molecule has 2 heterocycles. The summed E-state index contributed by atoms with van der Waals surface area (Å²) in [4.78, 5) is 44.9. The summed E-state index contributed by atoms with van der Waals surface area (Å²) in [6, 6.07) is 11.5. The molecule has 38 heavy (non-hydrogen) atoms. The molecule has 0 radical (unpaired) electrons. The van der Waals surface area contributed by atoms with Gasteiger partial charge in [-0.3, -0.25) is 14.6 Å². The summed E-state index contributed by atoms with van der Waals surface area (Å²) < 4.78 is 20.2. The zero-order valence-electron chi connectivity index (χ0n) is 21.7. The van der Waals surface area contributed by atoms with Crippen molar-refractivity contribution in [2.75, 3.05) is 39.3 Å². The van der Waals surface area contributed by atoms with E-state index in [1.165, 1.54) is 11.0 Å².